The van der Waals surface area contributed by atoms with Crippen molar-refractivity contribution in [3.8, 4) is 0 Å². The lowest BCUT2D eigenvalue weighted by Gasteiger charge is -2.22. The first-order chi connectivity index (χ1) is 9.39. The van der Waals surface area contributed by atoms with E-state index in [1.807, 2.05) is 0 Å². The smallest absolute Gasteiger partial charge is 0.433 e. The van der Waals surface area contributed by atoms with Crippen molar-refractivity contribution < 1.29 is 24.0 Å². The SMILES string of the molecule is CCC1(C(=O)O)CCN(C(=O)c2ccc([N+](=O)[O-])o2)C1. The fraction of sp³-hybridized carbons (Fsp3) is 0.500. The summed E-state index contributed by atoms with van der Waals surface area (Å²) in [5, 5.41) is 19.8. The van der Waals surface area contributed by atoms with Crippen LogP contribution in [0.3, 0.4) is 0 Å². The van der Waals surface area contributed by atoms with E-state index in [1.165, 1.54) is 11.0 Å². The zero-order chi connectivity index (χ0) is 14.9. The maximum absolute atomic E-state index is 12.1. The summed E-state index contributed by atoms with van der Waals surface area (Å²) in [7, 11) is 0. The maximum atomic E-state index is 12.1. The van der Waals surface area contributed by atoms with Crippen molar-refractivity contribution >= 4 is 17.8 Å². The number of rotatable bonds is 4. The van der Waals surface area contributed by atoms with Gasteiger partial charge >= 0.3 is 11.9 Å². The van der Waals surface area contributed by atoms with Crippen LogP contribution in [0.2, 0.25) is 0 Å². The van der Waals surface area contributed by atoms with E-state index in [1.54, 1.807) is 6.92 Å². The number of hydrogen-bond donors (Lipinski definition) is 1. The van der Waals surface area contributed by atoms with Gasteiger partial charge in [-0.3, -0.25) is 19.7 Å². The van der Waals surface area contributed by atoms with E-state index in [-0.39, 0.29) is 12.3 Å². The molecule has 1 aromatic rings. The van der Waals surface area contributed by atoms with E-state index in [2.05, 4.69) is 0 Å². The van der Waals surface area contributed by atoms with Gasteiger partial charge in [-0.2, -0.15) is 0 Å². The van der Waals surface area contributed by atoms with Gasteiger partial charge in [0.25, 0.3) is 5.91 Å². The summed E-state index contributed by atoms with van der Waals surface area (Å²) >= 11 is 0. The molecule has 2 heterocycles. The lowest BCUT2D eigenvalue weighted by molar-refractivity contribution is -0.402. The number of aliphatic carboxylic acids is 1. The Kier molecular flexibility index (Phi) is 3.47. The molecule has 0 aromatic carbocycles. The predicted octanol–water partition coefficient (Wildman–Crippen LogP) is 1.51. The molecule has 1 aliphatic heterocycles. The monoisotopic (exact) mass is 282 g/mol. The average molecular weight is 282 g/mol. The van der Waals surface area contributed by atoms with Crippen LogP contribution in [0.1, 0.15) is 30.3 Å². The summed E-state index contributed by atoms with van der Waals surface area (Å²) in [5.74, 6) is -2.10. The van der Waals surface area contributed by atoms with E-state index in [0.717, 1.165) is 6.07 Å². The van der Waals surface area contributed by atoms with Crippen LogP contribution in [0.25, 0.3) is 0 Å². The van der Waals surface area contributed by atoms with Gasteiger partial charge in [0.05, 0.1) is 11.5 Å². The molecule has 1 aliphatic rings. The van der Waals surface area contributed by atoms with Crippen LogP contribution in [0.4, 0.5) is 5.88 Å². The second kappa shape index (κ2) is 4.95. The number of furan rings is 1. The molecule has 1 aromatic heterocycles. The van der Waals surface area contributed by atoms with E-state index in [0.29, 0.717) is 19.4 Å². The first-order valence-electron chi connectivity index (χ1n) is 6.16. The Bertz CT molecular complexity index is 566. The summed E-state index contributed by atoms with van der Waals surface area (Å²) in [4.78, 5) is 34.6. The molecule has 0 radical (unpaired) electrons. The third kappa shape index (κ3) is 2.24. The van der Waals surface area contributed by atoms with E-state index >= 15 is 0 Å². The number of carboxylic acids is 1. The van der Waals surface area contributed by atoms with Crippen molar-refractivity contribution in [2.75, 3.05) is 13.1 Å². The van der Waals surface area contributed by atoms with Crippen LogP contribution < -0.4 is 0 Å². The first kappa shape index (κ1) is 14.0. The molecule has 8 nitrogen and oxygen atoms in total. The summed E-state index contributed by atoms with van der Waals surface area (Å²) < 4.78 is 4.84. The van der Waals surface area contributed by atoms with Crippen molar-refractivity contribution in [3.63, 3.8) is 0 Å². The second-order valence-corrected chi connectivity index (χ2v) is 4.81. The number of likely N-dealkylation sites (tertiary alicyclic amines) is 1. The highest BCUT2D eigenvalue weighted by Crippen LogP contribution is 2.35. The van der Waals surface area contributed by atoms with E-state index in [4.69, 9.17) is 4.42 Å². The molecule has 1 fully saturated rings. The van der Waals surface area contributed by atoms with Crippen LogP contribution in [0.5, 0.6) is 0 Å². The topological polar surface area (TPSA) is 114 Å². The van der Waals surface area contributed by atoms with Crippen molar-refractivity contribution in [2.45, 2.75) is 19.8 Å². The molecule has 0 spiro atoms. The van der Waals surface area contributed by atoms with Gasteiger partial charge < -0.3 is 14.4 Å². The van der Waals surface area contributed by atoms with Crippen LogP contribution in [-0.2, 0) is 4.79 Å². The Morgan fingerprint density at radius 3 is 2.70 bits per heavy atom. The number of nitro groups is 1. The number of amides is 1. The Morgan fingerprint density at radius 2 is 2.25 bits per heavy atom. The molecule has 1 atom stereocenters. The average Bonchev–Trinajstić information content (AvgIpc) is 3.05. The number of carboxylic acid groups (broad SMARTS) is 1. The minimum atomic E-state index is -0.936. The molecule has 0 saturated carbocycles. The van der Waals surface area contributed by atoms with E-state index < -0.39 is 28.1 Å². The number of carbonyl (C=O) groups excluding carboxylic acids is 1. The van der Waals surface area contributed by atoms with Gasteiger partial charge in [-0.15, -0.1) is 0 Å². The highest BCUT2D eigenvalue weighted by atomic mass is 16.6. The largest absolute Gasteiger partial charge is 0.481 e. The predicted molar refractivity (Wildman–Crippen MR) is 66.2 cm³/mol. The molecule has 1 unspecified atom stereocenters. The zero-order valence-corrected chi connectivity index (χ0v) is 10.9. The van der Waals surface area contributed by atoms with E-state index in [9.17, 15) is 24.8 Å². The van der Waals surface area contributed by atoms with Crippen molar-refractivity contribution in [1.82, 2.24) is 4.90 Å². The van der Waals surface area contributed by atoms with Crippen molar-refractivity contribution in [3.05, 3.63) is 28.0 Å². The van der Waals surface area contributed by atoms with Crippen LogP contribution in [0, 0.1) is 15.5 Å². The maximum Gasteiger partial charge on any atom is 0.433 e. The zero-order valence-electron chi connectivity index (χ0n) is 10.9. The first-order valence-corrected chi connectivity index (χ1v) is 6.16. The summed E-state index contributed by atoms with van der Waals surface area (Å²) in [5.41, 5.74) is -0.936. The Labute approximate surface area is 114 Å². The Morgan fingerprint density at radius 1 is 1.55 bits per heavy atom. The highest BCUT2D eigenvalue weighted by Gasteiger charge is 2.45. The third-order valence-corrected chi connectivity index (χ3v) is 3.75. The molecule has 8 heteroatoms. The van der Waals surface area contributed by atoms with Gasteiger partial charge in [0.15, 0.2) is 5.76 Å². The minimum absolute atomic E-state index is 0.0894. The summed E-state index contributed by atoms with van der Waals surface area (Å²) in [6.45, 7) is 2.15. The van der Waals surface area contributed by atoms with Gasteiger partial charge in [-0.1, -0.05) is 6.92 Å². The van der Waals surface area contributed by atoms with Gasteiger partial charge in [0.2, 0.25) is 0 Å². The summed E-state index contributed by atoms with van der Waals surface area (Å²) in [6, 6.07) is 2.33. The standard InChI is InChI=1S/C12H14N2O6/c1-2-12(11(16)17)5-6-13(7-12)10(15)8-3-4-9(20-8)14(18)19/h3-4H,2,5-7H2,1H3,(H,16,17). The van der Waals surface area contributed by atoms with Crippen LogP contribution in [0.15, 0.2) is 16.5 Å². The quantitative estimate of drug-likeness (QED) is 0.661. The second-order valence-electron chi connectivity index (χ2n) is 4.81. The minimum Gasteiger partial charge on any atom is -0.481 e. The lowest BCUT2D eigenvalue weighted by Crippen LogP contribution is -2.36. The number of nitrogens with zero attached hydrogens (tertiary/aromatic N) is 2. The van der Waals surface area contributed by atoms with Crippen molar-refractivity contribution in [2.24, 2.45) is 5.41 Å². The molecular formula is C12H14N2O6. The number of carbonyl (C=O) groups is 2. The molecular weight excluding hydrogens is 268 g/mol. The molecule has 0 aliphatic carbocycles. The fourth-order valence-electron chi connectivity index (χ4n) is 2.36. The normalized spacial score (nSPS) is 21.9. The molecule has 108 valence electrons. The van der Waals surface area contributed by atoms with Crippen molar-refractivity contribution in [1.29, 1.82) is 0 Å². The molecule has 1 N–H and O–H groups in total. The number of hydrogen-bond acceptors (Lipinski definition) is 5. The van der Waals surface area contributed by atoms with Crippen LogP contribution in [-0.4, -0.2) is 39.9 Å². The van der Waals surface area contributed by atoms with Gasteiger partial charge in [0.1, 0.15) is 4.92 Å². The fourth-order valence-corrected chi connectivity index (χ4v) is 2.36. The molecule has 2 rings (SSSR count). The third-order valence-electron chi connectivity index (χ3n) is 3.75. The lowest BCUT2D eigenvalue weighted by atomic mass is 9.84. The molecule has 1 amide bonds. The Balaban J connectivity index is 2.15. The van der Waals surface area contributed by atoms with Gasteiger partial charge in [-0.25, -0.2) is 0 Å². The molecule has 0 bridgehead atoms. The van der Waals surface area contributed by atoms with Gasteiger partial charge in [-0.05, 0) is 18.9 Å². The summed E-state index contributed by atoms with van der Waals surface area (Å²) in [6.07, 6.45) is 0.789. The highest BCUT2D eigenvalue weighted by molar-refractivity contribution is 5.92. The molecule has 1 saturated heterocycles. The van der Waals surface area contributed by atoms with Crippen LogP contribution >= 0.6 is 0 Å². The molecule has 20 heavy (non-hydrogen) atoms. The van der Waals surface area contributed by atoms with Gasteiger partial charge in [0, 0.05) is 13.1 Å². The Hall–Kier alpha value is -2.38.